The maximum absolute atomic E-state index is 11.7. The standard InChI is InChI=1S/C15H29NO2.C2H6/c1-4-6-13-7-9-14(10-8-13)11-16(3)15(17)12-18-5-2;1-2/h13-14H,4-12H2,1-3H3;1-2H3. The summed E-state index contributed by atoms with van der Waals surface area (Å²) >= 11 is 0. The van der Waals surface area contributed by atoms with Gasteiger partial charge in [-0.3, -0.25) is 4.79 Å². The van der Waals surface area contributed by atoms with E-state index in [4.69, 9.17) is 4.74 Å². The molecule has 0 N–H and O–H groups in total. The Balaban J connectivity index is 0.00000172. The second-order valence-electron chi connectivity index (χ2n) is 5.59. The van der Waals surface area contributed by atoms with Crippen molar-refractivity contribution in [2.45, 2.75) is 66.2 Å². The molecule has 0 bridgehead atoms. The summed E-state index contributed by atoms with van der Waals surface area (Å²) in [4.78, 5) is 13.6. The molecule has 20 heavy (non-hydrogen) atoms. The second-order valence-corrected chi connectivity index (χ2v) is 5.59. The van der Waals surface area contributed by atoms with Gasteiger partial charge < -0.3 is 9.64 Å². The molecule has 1 saturated carbocycles. The topological polar surface area (TPSA) is 29.5 Å². The number of hydrogen-bond acceptors (Lipinski definition) is 2. The first-order valence-electron chi connectivity index (χ1n) is 8.49. The van der Waals surface area contributed by atoms with E-state index >= 15 is 0 Å². The van der Waals surface area contributed by atoms with Crippen molar-refractivity contribution in [3.05, 3.63) is 0 Å². The summed E-state index contributed by atoms with van der Waals surface area (Å²) in [6.07, 6.45) is 7.97. The van der Waals surface area contributed by atoms with Crippen molar-refractivity contribution in [3.63, 3.8) is 0 Å². The van der Waals surface area contributed by atoms with Gasteiger partial charge in [-0.05, 0) is 31.6 Å². The molecule has 0 spiro atoms. The van der Waals surface area contributed by atoms with Crippen LogP contribution in [-0.2, 0) is 9.53 Å². The van der Waals surface area contributed by atoms with Crippen LogP contribution < -0.4 is 0 Å². The minimum Gasteiger partial charge on any atom is -0.372 e. The van der Waals surface area contributed by atoms with E-state index in [0.29, 0.717) is 12.5 Å². The molecule has 3 nitrogen and oxygen atoms in total. The fourth-order valence-corrected chi connectivity index (χ4v) is 2.90. The minimum atomic E-state index is 0.118. The zero-order chi connectivity index (χ0) is 15.4. The molecule has 1 aliphatic rings. The van der Waals surface area contributed by atoms with Crippen LogP contribution in [0.1, 0.15) is 66.2 Å². The first-order chi connectivity index (χ1) is 9.67. The van der Waals surface area contributed by atoms with Crippen molar-refractivity contribution >= 4 is 5.91 Å². The highest BCUT2D eigenvalue weighted by molar-refractivity contribution is 5.77. The molecule has 0 atom stereocenters. The van der Waals surface area contributed by atoms with Gasteiger partial charge in [-0.1, -0.05) is 46.5 Å². The number of amides is 1. The van der Waals surface area contributed by atoms with Gasteiger partial charge in [-0.25, -0.2) is 0 Å². The van der Waals surface area contributed by atoms with Crippen molar-refractivity contribution in [1.82, 2.24) is 4.90 Å². The number of nitrogens with zero attached hydrogens (tertiary/aromatic N) is 1. The van der Waals surface area contributed by atoms with E-state index in [1.807, 2.05) is 32.7 Å². The van der Waals surface area contributed by atoms with Crippen LogP contribution in [0.25, 0.3) is 0 Å². The van der Waals surface area contributed by atoms with Gasteiger partial charge in [-0.15, -0.1) is 0 Å². The average molecular weight is 285 g/mol. The molecule has 0 unspecified atom stereocenters. The van der Waals surface area contributed by atoms with Gasteiger partial charge in [0.25, 0.3) is 0 Å². The second kappa shape index (κ2) is 12.2. The largest absolute Gasteiger partial charge is 0.372 e. The molecular weight excluding hydrogens is 250 g/mol. The van der Waals surface area contributed by atoms with Crippen LogP contribution in [0.2, 0.25) is 0 Å². The summed E-state index contributed by atoms with van der Waals surface area (Å²) in [5.41, 5.74) is 0. The molecule has 0 aliphatic heterocycles. The van der Waals surface area contributed by atoms with Gasteiger partial charge in [0.2, 0.25) is 5.91 Å². The van der Waals surface area contributed by atoms with Crippen LogP contribution in [0, 0.1) is 11.8 Å². The molecule has 120 valence electrons. The minimum absolute atomic E-state index is 0.118. The number of rotatable bonds is 7. The average Bonchev–Trinajstić information content (AvgIpc) is 2.49. The Hall–Kier alpha value is -0.570. The predicted molar refractivity (Wildman–Crippen MR) is 85.8 cm³/mol. The number of hydrogen-bond donors (Lipinski definition) is 0. The summed E-state index contributed by atoms with van der Waals surface area (Å²) < 4.78 is 5.16. The van der Waals surface area contributed by atoms with Crippen LogP contribution >= 0.6 is 0 Å². The van der Waals surface area contributed by atoms with Crippen LogP contribution in [0.4, 0.5) is 0 Å². The van der Waals surface area contributed by atoms with Gasteiger partial charge in [0.1, 0.15) is 6.61 Å². The zero-order valence-corrected chi connectivity index (χ0v) is 14.3. The molecule has 0 radical (unpaired) electrons. The molecule has 1 amide bonds. The van der Waals surface area contributed by atoms with Crippen molar-refractivity contribution < 1.29 is 9.53 Å². The predicted octanol–water partition coefficient (Wildman–Crippen LogP) is 4.11. The van der Waals surface area contributed by atoms with Gasteiger partial charge in [0.05, 0.1) is 0 Å². The number of carbonyl (C=O) groups excluding carboxylic acids is 1. The van der Waals surface area contributed by atoms with Crippen LogP contribution in [0.15, 0.2) is 0 Å². The van der Waals surface area contributed by atoms with Gasteiger partial charge in [-0.2, -0.15) is 0 Å². The normalized spacial score (nSPS) is 21.9. The SMILES string of the molecule is CC.CCCC1CCC(CN(C)C(=O)COCC)CC1. The third kappa shape index (κ3) is 7.88. The Kier molecular flexibility index (Phi) is 11.8. The summed E-state index contributed by atoms with van der Waals surface area (Å²) in [7, 11) is 1.90. The lowest BCUT2D eigenvalue weighted by Crippen LogP contribution is -2.35. The highest BCUT2D eigenvalue weighted by Crippen LogP contribution is 2.31. The lowest BCUT2D eigenvalue weighted by Gasteiger charge is -2.31. The highest BCUT2D eigenvalue weighted by Gasteiger charge is 2.22. The first-order valence-corrected chi connectivity index (χ1v) is 8.49. The van der Waals surface area contributed by atoms with Crippen LogP contribution in [-0.4, -0.2) is 37.6 Å². The summed E-state index contributed by atoms with van der Waals surface area (Å²) in [5, 5.41) is 0. The van der Waals surface area contributed by atoms with Crippen molar-refractivity contribution in [1.29, 1.82) is 0 Å². The Morgan fingerprint density at radius 2 is 1.65 bits per heavy atom. The van der Waals surface area contributed by atoms with Gasteiger partial charge in [0, 0.05) is 20.2 Å². The van der Waals surface area contributed by atoms with Crippen LogP contribution in [0.5, 0.6) is 0 Å². The van der Waals surface area contributed by atoms with E-state index in [2.05, 4.69) is 6.92 Å². The molecule has 1 rings (SSSR count). The van der Waals surface area contributed by atoms with Crippen molar-refractivity contribution in [3.8, 4) is 0 Å². The monoisotopic (exact) mass is 285 g/mol. The number of likely N-dealkylation sites (N-methyl/N-ethyl adjacent to an activating group) is 1. The fraction of sp³-hybridized carbons (Fsp3) is 0.941. The molecule has 0 heterocycles. The molecule has 0 aromatic carbocycles. The van der Waals surface area contributed by atoms with Crippen molar-refractivity contribution in [2.24, 2.45) is 11.8 Å². The molecular formula is C17H35NO2. The lowest BCUT2D eigenvalue weighted by atomic mass is 9.80. The smallest absolute Gasteiger partial charge is 0.248 e. The maximum Gasteiger partial charge on any atom is 0.248 e. The van der Waals surface area contributed by atoms with Gasteiger partial charge >= 0.3 is 0 Å². The highest BCUT2D eigenvalue weighted by atomic mass is 16.5. The quantitative estimate of drug-likeness (QED) is 0.704. The fourth-order valence-electron chi connectivity index (χ4n) is 2.90. The summed E-state index contributed by atoms with van der Waals surface area (Å²) in [5.74, 6) is 1.76. The molecule has 3 heteroatoms. The molecule has 1 fully saturated rings. The van der Waals surface area contributed by atoms with E-state index in [-0.39, 0.29) is 12.5 Å². The van der Waals surface area contributed by atoms with E-state index in [1.54, 1.807) is 0 Å². The first kappa shape index (κ1) is 19.4. The maximum atomic E-state index is 11.7. The van der Waals surface area contributed by atoms with E-state index in [1.165, 1.54) is 38.5 Å². The van der Waals surface area contributed by atoms with E-state index in [0.717, 1.165) is 12.5 Å². The lowest BCUT2D eigenvalue weighted by molar-refractivity contribution is -0.135. The van der Waals surface area contributed by atoms with Crippen molar-refractivity contribution in [2.75, 3.05) is 26.8 Å². The Morgan fingerprint density at radius 1 is 1.10 bits per heavy atom. The van der Waals surface area contributed by atoms with Gasteiger partial charge in [0.15, 0.2) is 0 Å². The number of ether oxygens (including phenoxy) is 1. The molecule has 0 aromatic heterocycles. The van der Waals surface area contributed by atoms with Crippen LogP contribution in [0.3, 0.4) is 0 Å². The summed E-state index contributed by atoms with van der Waals surface area (Å²) in [6.45, 7) is 9.94. The third-order valence-corrected chi connectivity index (χ3v) is 4.05. The third-order valence-electron chi connectivity index (χ3n) is 4.05. The molecule has 0 aromatic rings. The Morgan fingerprint density at radius 3 is 2.15 bits per heavy atom. The van der Waals surface area contributed by atoms with E-state index < -0.39 is 0 Å². The molecule has 1 aliphatic carbocycles. The molecule has 0 saturated heterocycles. The zero-order valence-electron chi connectivity index (χ0n) is 14.3. The number of carbonyl (C=O) groups is 1. The Labute approximate surface area is 126 Å². The summed E-state index contributed by atoms with van der Waals surface area (Å²) in [6, 6.07) is 0. The van der Waals surface area contributed by atoms with E-state index in [9.17, 15) is 4.79 Å². The Bertz CT molecular complexity index is 235.